The van der Waals surface area contributed by atoms with Crippen molar-refractivity contribution in [2.75, 3.05) is 5.75 Å². The molecule has 0 bridgehead atoms. The lowest BCUT2D eigenvalue weighted by Crippen LogP contribution is -2.11. The summed E-state index contributed by atoms with van der Waals surface area (Å²) in [5, 5.41) is 8.21. The maximum Gasteiger partial charge on any atom is 0.313 e. The maximum atomic E-state index is 12.2. The lowest BCUT2D eigenvalue weighted by atomic mass is 10.4. The topological polar surface area (TPSA) is 83.0 Å². The van der Waals surface area contributed by atoms with E-state index in [9.17, 15) is 18.4 Å². The van der Waals surface area contributed by atoms with Crippen LogP contribution < -0.4 is 5.56 Å². The summed E-state index contributed by atoms with van der Waals surface area (Å²) in [5.74, 6) is -1.47. The quantitative estimate of drug-likeness (QED) is 0.599. The van der Waals surface area contributed by atoms with Crippen molar-refractivity contribution in [3.63, 3.8) is 0 Å². The lowest BCUT2D eigenvalue weighted by molar-refractivity contribution is -0.133. The van der Waals surface area contributed by atoms with E-state index in [1.807, 2.05) is 0 Å². The van der Waals surface area contributed by atoms with Gasteiger partial charge in [-0.05, 0) is 0 Å². The van der Waals surface area contributed by atoms with Crippen molar-refractivity contribution >= 4 is 17.7 Å². The molecule has 0 aliphatic carbocycles. The zero-order valence-corrected chi connectivity index (χ0v) is 8.05. The summed E-state index contributed by atoms with van der Waals surface area (Å²) in [6, 6.07) is 0.676. The normalized spacial score (nSPS) is 10.6. The van der Waals surface area contributed by atoms with Gasteiger partial charge in [-0.2, -0.15) is 0 Å². The molecule has 0 spiro atoms. The van der Waals surface area contributed by atoms with Crippen LogP contribution in [0, 0.1) is 0 Å². The Kier molecular flexibility index (Phi) is 3.78. The minimum atomic E-state index is -2.85. The Morgan fingerprint density at radius 1 is 1.67 bits per heavy atom. The van der Waals surface area contributed by atoms with Crippen molar-refractivity contribution in [1.29, 1.82) is 0 Å². The SMILES string of the molecule is O=C(O)CSc1nc(C(F)F)cc(=O)[nH]1. The first-order chi connectivity index (χ1) is 6.99. The Morgan fingerprint density at radius 2 is 2.33 bits per heavy atom. The summed E-state index contributed by atoms with van der Waals surface area (Å²) < 4.78 is 24.4. The molecule has 1 aromatic rings. The summed E-state index contributed by atoms with van der Waals surface area (Å²) in [7, 11) is 0. The number of thioether (sulfide) groups is 1. The number of carbonyl (C=O) groups is 1. The van der Waals surface area contributed by atoms with E-state index in [1.54, 1.807) is 0 Å². The molecule has 15 heavy (non-hydrogen) atoms. The van der Waals surface area contributed by atoms with Crippen LogP contribution in [0.15, 0.2) is 16.0 Å². The number of rotatable bonds is 4. The third-order valence-electron chi connectivity index (χ3n) is 1.30. The van der Waals surface area contributed by atoms with Crippen LogP contribution >= 0.6 is 11.8 Å². The first-order valence-corrected chi connectivity index (χ1v) is 4.71. The number of alkyl halides is 2. The van der Waals surface area contributed by atoms with Crippen molar-refractivity contribution in [1.82, 2.24) is 9.97 Å². The standard InChI is InChI=1S/C7H6F2N2O3S/c8-6(9)3-1-4(12)11-7(10-3)15-2-5(13)14/h1,6H,2H2,(H,13,14)(H,10,11,12). The molecule has 0 amide bonds. The second kappa shape index (κ2) is 4.87. The van der Waals surface area contributed by atoms with Crippen LogP contribution in [0.3, 0.4) is 0 Å². The fraction of sp³-hybridized carbons (Fsp3) is 0.286. The van der Waals surface area contributed by atoms with Gasteiger partial charge in [-0.3, -0.25) is 9.59 Å². The molecule has 82 valence electrons. The van der Waals surface area contributed by atoms with Gasteiger partial charge in [0.05, 0.1) is 5.75 Å². The monoisotopic (exact) mass is 236 g/mol. The van der Waals surface area contributed by atoms with E-state index in [1.165, 1.54) is 0 Å². The Balaban J connectivity index is 2.89. The van der Waals surface area contributed by atoms with Gasteiger partial charge in [0.25, 0.3) is 12.0 Å². The highest BCUT2D eigenvalue weighted by molar-refractivity contribution is 7.99. The summed E-state index contributed by atoms with van der Waals surface area (Å²) >= 11 is 0.675. The zero-order valence-electron chi connectivity index (χ0n) is 7.24. The first kappa shape index (κ1) is 11.6. The third-order valence-corrected chi connectivity index (χ3v) is 2.15. The van der Waals surface area contributed by atoms with Gasteiger partial charge in [0.2, 0.25) is 0 Å². The van der Waals surface area contributed by atoms with Crippen LogP contribution in [0.25, 0.3) is 0 Å². The molecule has 0 fully saturated rings. The highest BCUT2D eigenvalue weighted by atomic mass is 32.2. The number of H-pyrrole nitrogens is 1. The molecule has 0 saturated heterocycles. The number of nitrogens with zero attached hydrogens (tertiary/aromatic N) is 1. The molecule has 0 aliphatic heterocycles. The molecule has 0 aliphatic rings. The Labute approximate surface area is 86.5 Å². The average Bonchev–Trinajstić information content (AvgIpc) is 2.13. The summed E-state index contributed by atoms with van der Waals surface area (Å²) in [4.78, 5) is 26.6. The third kappa shape index (κ3) is 3.66. The van der Waals surface area contributed by atoms with Crippen molar-refractivity contribution in [2.24, 2.45) is 0 Å². The molecular formula is C7H6F2N2O3S. The molecule has 0 atom stereocenters. The van der Waals surface area contributed by atoms with E-state index < -0.39 is 23.6 Å². The van der Waals surface area contributed by atoms with E-state index in [-0.39, 0.29) is 10.9 Å². The van der Waals surface area contributed by atoms with Gasteiger partial charge in [0.15, 0.2) is 5.16 Å². The van der Waals surface area contributed by atoms with Gasteiger partial charge >= 0.3 is 5.97 Å². The van der Waals surface area contributed by atoms with E-state index in [0.717, 1.165) is 0 Å². The van der Waals surface area contributed by atoms with Gasteiger partial charge in [-0.1, -0.05) is 11.8 Å². The van der Waals surface area contributed by atoms with Gasteiger partial charge in [0.1, 0.15) is 5.69 Å². The number of carboxylic acid groups (broad SMARTS) is 1. The Morgan fingerprint density at radius 3 is 2.87 bits per heavy atom. The number of aromatic nitrogens is 2. The number of nitrogens with one attached hydrogen (secondary N) is 1. The maximum absolute atomic E-state index is 12.2. The highest BCUT2D eigenvalue weighted by Gasteiger charge is 2.12. The minimum absolute atomic E-state index is 0.125. The molecular weight excluding hydrogens is 230 g/mol. The van der Waals surface area contributed by atoms with Crippen molar-refractivity contribution in [3.05, 3.63) is 22.1 Å². The summed E-state index contributed by atoms with van der Waals surface area (Å²) in [6.45, 7) is 0. The van der Waals surface area contributed by atoms with Crippen LogP contribution in [-0.4, -0.2) is 26.8 Å². The van der Waals surface area contributed by atoms with E-state index in [4.69, 9.17) is 5.11 Å². The number of hydrogen-bond acceptors (Lipinski definition) is 4. The molecule has 0 radical (unpaired) electrons. The van der Waals surface area contributed by atoms with Gasteiger partial charge in [-0.25, -0.2) is 13.8 Å². The number of carboxylic acids is 1. The summed E-state index contributed by atoms with van der Waals surface area (Å²) in [5.41, 5.74) is -1.39. The molecule has 2 N–H and O–H groups in total. The molecule has 0 aromatic carbocycles. The predicted molar refractivity (Wildman–Crippen MR) is 48.2 cm³/mol. The minimum Gasteiger partial charge on any atom is -0.481 e. The van der Waals surface area contributed by atoms with Crippen molar-refractivity contribution < 1.29 is 18.7 Å². The Hall–Kier alpha value is -1.44. The zero-order chi connectivity index (χ0) is 11.4. The molecule has 1 heterocycles. The van der Waals surface area contributed by atoms with Gasteiger partial charge < -0.3 is 10.1 Å². The molecule has 1 rings (SSSR count). The fourth-order valence-corrected chi connectivity index (χ4v) is 1.37. The number of aromatic amines is 1. The van der Waals surface area contributed by atoms with E-state index >= 15 is 0 Å². The average molecular weight is 236 g/mol. The largest absolute Gasteiger partial charge is 0.481 e. The van der Waals surface area contributed by atoms with Crippen LogP contribution in [0.2, 0.25) is 0 Å². The molecule has 0 unspecified atom stereocenters. The number of hydrogen-bond donors (Lipinski definition) is 2. The van der Waals surface area contributed by atoms with Crippen molar-refractivity contribution in [3.8, 4) is 0 Å². The lowest BCUT2D eigenvalue weighted by Gasteiger charge is -2.01. The van der Waals surface area contributed by atoms with Gasteiger partial charge in [0, 0.05) is 6.07 Å². The fourth-order valence-electron chi connectivity index (χ4n) is 0.764. The number of halogens is 2. The van der Waals surface area contributed by atoms with Crippen LogP contribution in [0.4, 0.5) is 8.78 Å². The van der Waals surface area contributed by atoms with Crippen LogP contribution in [0.5, 0.6) is 0 Å². The van der Waals surface area contributed by atoms with E-state index in [2.05, 4.69) is 9.97 Å². The van der Waals surface area contributed by atoms with Crippen LogP contribution in [0.1, 0.15) is 12.1 Å². The first-order valence-electron chi connectivity index (χ1n) is 3.73. The predicted octanol–water partition coefficient (Wildman–Crippen LogP) is 0.884. The Bertz CT molecular complexity index is 421. The van der Waals surface area contributed by atoms with Crippen molar-refractivity contribution in [2.45, 2.75) is 11.6 Å². The smallest absolute Gasteiger partial charge is 0.313 e. The number of aliphatic carboxylic acids is 1. The molecule has 0 saturated carbocycles. The van der Waals surface area contributed by atoms with E-state index in [0.29, 0.717) is 17.8 Å². The van der Waals surface area contributed by atoms with Crippen LogP contribution in [-0.2, 0) is 4.79 Å². The highest BCUT2D eigenvalue weighted by Crippen LogP contribution is 2.17. The molecule has 5 nitrogen and oxygen atoms in total. The van der Waals surface area contributed by atoms with Gasteiger partial charge in [-0.15, -0.1) is 0 Å². The second-order valence-electron chi connectivity index (χ2n) is 2.46. The molecule has 1 aromatic heterocycles. The molecule has 8 heteroatoms. The second-order valence-corrected chi connectivity index (χ2v) is 3.42. The summed E-state index contributed by atoms with van der Waals surface area (Å²) in [6.07, 6.45) is -2.85.